The number of carbonyl (C=O) groups is 1. The maximum absolute atomic E-state index is 8.56. The third-order valence-electron chi connectivity index (χ3n) is 0.626. The summed E-state index contributed by atoms with van der Waals surface area (Å²) < 4.78 is 0. The van der Waals surface area contributed by atoms with E-state index in [1.165, 1.54) is 5.06 Å². The van der Waals surface area contributed by atoms with Crippen molar-refractivity contribution in [2.24, 2.45) is 4.99 Å². The predicted molar refractivity (Wildman–Crippen MR) is 38.8 cm³/mol. The third kappa shape index (κ3) is 11.0. The second-order valence-corrected chi connectivity index (χ2v) is 1.61. The van der Waals surface area contributed by atoms with Crippen molar-refractivity contribution in [3.63, 3.8) is 0 Å². The Kier molecular flexibility index (Phi) is 13.1. The second-order valence-electron chi connectivity index (χ2n) is 1.38. The van der Waals surface area contributed by atoms with Gasteiger partial charge in [0.15, 0.2) is 6.73 Å². The molecule has 0 unspecified atom stereocenters. The van der Waals surface area contributed by atoms with Gasteiger partial charge in [-0.05, 0) is 0 Å². The first-order valence-corrected chi connectivity index (χ1v) is 3.07. The van der Waals surface area contributed by atoms with Gasteiger partial charge >= 0.3 is 75.0 Å². The molecule has 0 fully saturated rings. The maximum atomic E-state index is 8.56. The number of hydrogen-bond acceptors (Lipinski definition) is 4. The van der Waals surface area contributed by atoms with Crippen molar-refractivity contribution in [2.75, 3.05) is 12.7 Å². The van der Waals surface area contributed by atoms with E-state index in [9.17, 15) is 0 Å². The normalized spacial score (nSPS) is 12.9. The van der Waals surface area contributed by atoms with E-state index in [1.54, 1.807) is 6.34 Å². The Morgan fingerprint density at radius 1 is 1.83 bits per heavy atom. The Bertz CT molecular complexity index is 157. The number of aliphatic imine (C=N–C) groups is 1. The molecule has 8 heteroatoms. The maximum Gasteiger partial charge on any atom is 1.00 e. The number of hydrogen-bond donors (Lipinski definition) is 2. The smallest absolute Gasteiger partial charge is 1.00 e. The zero-order valence-electron chi connectivity index (χ0n) is 7.47. The molecule has 0 spiro atoms. The van der Waals surface area contributed by atoms with E-state index in [2.05, 4.69) is 4.99 Å². The van der Waals surface area contributed by atoms with E-state index < -0.39 is 6.16 Å². The second kappa shape index (κ2) is 10.1. The Morgan fingerprint density at radius 3 is 2.50 bits per heavy atom. The Morgan fingerprint density at radius 2 is 2.33 bits per heavy atom. The fraction of sp³-hybridized carbons (Fsp3) is 0.500. The van der Waals surface area contributed by atoms with E-state index in [4.69, 9.17) is 31.4 Å². The van der Waals surface area contributed by atoms with Crippen LogP contribution in [0.2, 0.25) is 0 Å². The van der Waals surface area contributed by atoms with Crippen molar-refractivity contribution in [1.29, 1.82) is 0 Å². The Labute approximate surface area is 134 Å². The minimum Gasteiger partial charge on any atom is -1.00 e. The van der Waals surface area contributed by atoms with Crippen molar-refractivity contribution >= 4 is 24.1 Å². The average molecular weight is 316 g/mol. The van der Waals surface area contributed by atoms with Crippen molar-refractivity contribution in [3.8, 4) is 0 Å². The molecule has 0 aromatic carbocycles. The van der Waals surface area contributed by atoms with E-state index in [0.29, 0.717) is 12.7 Å². The van der Waals surface area contributed by atoms with Gasteiger partial charge in [-0.15, -0.1) is 11.6 Å². The summed E-state index contributed by atoms with van der Waals surface area (Å²) in [7, 11) is 0. The first kappa shape index (κ1) is 15.5. The Balaban J connectivity index is -0.000000150. The van der Waals surface area contributed by atoms with Gasteiger partial charge in [0.2, 0.25) is 0 Å². The molecule has 0 radical (unpaired) electrons. The quantitative estimate of drug-likeness (QED) is 0.422. The molecule has 0 saturated heterocycles. The molecule has 2 N–H and O–H groups in total. The number of rotatable bonds is 1. The molecule has 0 aromatic rings. The van der Waals surface area contributed by atoms with Gasteiger partial charge in [-0.1, -0.05) is 0 Å². The zero-order valence-corrected chi connectivity index (χ0v) is 13.5. The Hall–Kier alpha value is 1.04. The average Bonchev–Trinajstić information content (AvgIpc) is 2.36. The zero-order chi connectivity index (χ0) is 8.69. The van der Waals surface area contributed by atoms with Crippen molar-refractivity contribution in [2.45, 2.75) is 0 Å². The standard InChI is InChI=1S/C3H5ClN2O.CH2O3.Cs.H/c4-1-6-2-5-3-7-6;2-1(3)4;;/h2H,1,3H2;(H2,2,3,4);;/q;;+1;-1. The van der Waals surface area contributed by atoms with Crippen LogP contribution in [-0.2, 0) is 4.84 Å². The van der Waals surface area contributed by atoms with Gasteiger partial charge in [0, 0.05) is 0 Å². The predicted octanol–water partition coefficient (Wildman–Crippen LogP) is -2.25. The molecule has 0 amide bonds. The molecular formula is C4H8ClCsN2O4. The van der Waals surface area contributed by atoms with Gasteiger partial charge in [0.25, 0.3) is 0 Å². The first-order valence-electron chi connectivity index (χ1n) is 2.54. The topological polar surface area (TPSA) is 82.4 Å². The summed E-state index contributed by atoms with van der Waals surface area (Å²) in [5.74, 6) is 0. The minimum absolute atomic E-state index is 0. The summed E-state index contributed by atoms with van der Waals surface area (Å²) >= 11 is 5.32. The number of carboxylic acid groups (broad SMARTS) is 2. The molecule has 12 heavy (non-hydrogen) atoms. The molecule has 1 aliphatic rings. The first-order chi connectivity index (χ1) is 5.16. The van der Waals surface area contributed by atoms with Crippen LogP contribution in [0.1, 0.15) is 1.43 Å². The van der Waals surface area contributed by atoms with Gasteiger partial charge < -0.3 is 11.6 Å². The van der Waals surface area contributed by atoms with Crippen LogP contribution in [0.25, 0.3) is 0 Å². The number of nitrogens with zero attached hydrogens (tertiary/aromatic N) is 2. The van der Waals surface area contributed by atoms with Gasteiger partial charge in [0.1, 0.15) is 12.3 Å². The number of halogens is 1. The van der Waals surface area contributed by atoms with E-state index >= 15 is 0 Å². The van der Waals surface area contributed by atoms with Crippen LogP contribution in [0.3, 0.4) is 0 Å². The van der Waals surface area contributed by atoms with Crippen LogP contribution in [0, 0.1) is 0 Å². The van der Waals surface area contributed by atoms with Gasteiger partial charge in [-0.3, -0.25) is 0 Å². The van der Waals surface area contributed by atoms with Crippen molar-refractivity contribution < 1.29 is 90.2 Å². The summed E-state index contributed by atoms with van der Waals surface area (Å²) in [4.78, 5) is 17.1. The fourth-order valence-corrected chi connectivity index (χ4v) is 0.461. The van der Waals surface area contributed by atoms with E-state index in [0.717, 1.165) is 0 Å². The number of hydroxylamine groups is 2. The van der Waals surface area contributed by atoms with Crippen LogP contribution in [0.5, 0.6) is 0 Å². The summed E-state index contributed by atoms with van der Waals surface area (Å²) in [6, 6.07) is 0.351. The third-order valence-corrected chi connectivity index (χ3v) is 0.862. The molecule has 0 bridgehead atoms. The minimum atomic E-state index is -1.83. The summed E-state index contributed by atoms with van der Waals surface area (Å²) in [6.45, 7) is 0.409. The number of alkyl halides is 1. The molecule has 0 aromatic heterocycles. The largest absolute Gasteiger partial charge is 1.00 e. The molecule has 66 valence electrons. The van der Waals surface area contributed by atoms with E-state index in [-0.39, 0.29) is 70.3 Å². The monoisotopic (exact) mass is 316 g/mol. The molecule has 0 saturated carbocycles. The SMILES string of the molecule is ClCN1C=NCO1.O=C(O)O.[Cs+].[H-]. The van der Waals surface area contributed by atoms with Crippen LogP contribution in [0.4, 0.5) is 4.79 Å². The molecular weight excluding hydrogens is 308 g/mol. The van der Waals surface area contributed by atoms with Gasteiger partial charge in [-0.2, -0.15) is 0 Å². The summed E-state index contributed by atoms with van der Waals surface area (Å²) in [5.41, 5.74) is 0. The fourth-order valence-electron chi connectivity index (χ4n) is 0.331. The summed E-state index contributed by atoms with van der Waals surface area (Å²) in [5, 5.41) is 15.4. The molecule has 0 aliphatic carbocycles. The molecule has 1 aliphatic heterocycles. The molecule has 1 rings (SSSR count). The van der Waals surface area contributed by atoms with Crippen LogP contribution < -0.4 is 68.9 Å². The van der Waals surface area contributed by atoms with Gasteiger partial charge in [-0.25, -0.2) is 19.7 Å². The van der Waals surface area contributed by atoms with Crippen LogP contribution >= 0.6 is 11.6 Å². The summed E-state index contributed by atoms with van der Waals surface area (Å²) in [6.07, 6.45) is -0.271. The molecule has 1 heterocycles. The molecule has 6 nitrogen and oxygen atoms in total. The molecule has 0 atom stereocenters. The van der Waals surface area contributed by atoms with Gasteiger partial charge in [0.05, 0.1) is 0 Å². The van der Waals surface area contributed by atoms with Crippen molar-refractivity contribution in [1.82, 2.24) is 5.06 Å². The van der Waals surface area contributed by atoms with Crippen LogP contribution in [0.15, 0.2) is 4.99 Å². The van der Waals surface area contributed by atoms with Crippen LogP contribution in [-0.4, -0.2) is 40.5 Å². The van der Waals surface area contributed by atoms with Crippen molar-refractivity contribution in [3.05, 3.63) is 0 Å². The van der Waals surface area contributed by atoms with E-state index in [1.807, 2.05) is 0 Å².